The number of aryl methyl sites for hydroxylation is 1. The zero-order valence-electron chi connectivity index (χ0n) is 43.0. The van der Waals surface area contributed by atoms with Gasteiger partial charge in [-0.15, -0.1) is 0 Å². The summed E-state index contributed by atoms with van der Waals surface area (Å²) in [6.07, 6.45) is 17.0. The van der Waals surface area contributed by atoms with Gasteiger partial charge in [-0.05, 0) is 267 Å². The predicted molar refractivity (Wildman–Crippen MR) is 298 cm³/mol. The van der Waals surface area contributed by atoms with E-state index in [4.69, 9.17) is 0 Å². The summed E-state index contributed by atoms with van der Waals surface area (Å²) in [4.78, 5) is 2.77. The molecule has 0 N–H and O–H groups in total. The van der Waals surface area contributed by atoms with E-state index >= 15 is 0 Å². The highest BCUT2D eigenvalue weighted by molar-refractivity contribution is 6.91. The fraction of sp³-hybridized carbons (Fsp3) is 0.420. The summed E-state index contributed by atoms with van der Waals surface area (Å²) in [5.41, 5.74) is 25.4. The number of benzene rings is 7. The van der Waals surface area contributed by atoms with Crippen molar-refractivity contribution in [3.63, 3.8) is 0 Å². The lowest BCUT2D eigenvalue weighted by molar-refractivity contribution is -0.175. The predicted octanol–water partition coefficient (Wildman–Crippen LogP) is 15.8. The van der Waals surface area contributed by atoms with Crippen molar-refractivity contribution >= 4 is 67.4 Å². The van der Waals surface area contributed by atoms with Gasteiger partial charge in [-0.1, -0.05) is 100 Å². The Bertz CT molecular complexity index is 3850. The number of anilines is 3. The summed E-state index contributed by atoms with van der Waals surface area (Å²) in [6, 6.07) is 50.0. The van der Waals surface area contributed by atoms with E-state index in [1.807, 2.05) is 0 Å². The quantitative estimate of drug-likeness (QED) is 0.160. The SMILES string of the molecule is Cc1cc2c(cc1N1c3cc(-c4ccccc4)cc4c3B(c3c1ccc1ccccc31)n1c3ccc(C56CC7CC8CC(C5)C87C6)cc3c3cc(C56CC7CC8CC(C5)C87C6)cc-4c31)C(C)(C)CCC2(C)C. The lowest BCUT2D eigenvalue weighted by Crippen LogP contribution is -2.59. The van der Waals surface area contributed by atoms with Crippen LogP contribution in [-0.2, 0) is 21.7 Å². The molecule has 354 valence electrons. The number of fused-ring (bicyclic) bond motifs is 12. The number of aromatic nitrogens is 1. The van der Waals surface area contributed by atoms with E-state index in [0.29, 0.717) is 21.7 Å². The van der Waals surface area contributed by atoms with Gasteiger partial charge < -0.3 is 9.38 Å². The average Bonchev–Trinajstić information content (AvgIpc) is 4.15. The molecule has 9 aliphatic carbocycles. The van der Waals surface area contributed by atoms with Gasteiger partial charge in [-0.3, -0.25) is 0 Å². The molecule has 0 saturated heterocycles. The summed E-state index contributed by atoms with van der Waals surface area (Å²) >= 11 is 0. The maximum absolute atomic E-state index is 2.92. The topological polar surface area (TPSA) is 8.17 Å². The molecule has 3 heteroatoms. The molecule has 0 radical (unpaired) electrons. The Balaban J connectivity index is 0.938. The van der Waals surface area contributed by atoms with Crippen molar-refractivity contribution in [3.05, 3.63) is 149 Å². The maximum atomic E-state index is 2.92. The standard InChI is InChI=1S/C69H65BN2/c1-38-21-55-56(65(4,5)20-19-64(55,2)3)31-59(38)71-58-17-15-40-13-9-10-14-50(40)61(58)70-62-52(22-41(23-60(62)71)39-11-7-6-8-12-39)54-30-43(67-34-48-26-45-27-49(35-67)69(45,48)37-67)29-53-51-28-42(16-18-57(51)72(70)63(53)54)66-32-46-24-44-25-47(33-66)68(44,46)36-66/h6-18,21-23,28-31,44-49H,19-20,24-27,32-37H2,1-5H3. The average molecular weight is 933 g/mol. The molecule has 19 rings (SSSR count). The van der Waals surface area contributed by atoms with Crippen LogP contribution in [-0.4, -0.2) is 11.3 Å². The third-order valence-corrected chi connectivity index (χ3v) is 25.0. The van der Waals surface area contributed by atoms with Gasteiger partial charge in [0.05, 0.1) is 0 Å². The van der Waals surface area contributed by atoms with Crippen LogP contribution >= 0.6 is 0 Å². The highest BCUT2D eigenvalue weighted by Gasteiger charge is 2.78. The van der Waals surface area contributed by atoms with E-state index in [9.17, 15) is 0 Å². The lowest BCUT2D eigenvalue weighted by Gasteiger charge is -2.66. The van der Waals surface area contributed by atoms with E-state index in [1.54, 1.807) is 11.1 Å². The number of nitrogens with zero attached hydrogens (tertiary/aromatic N) is 2. The first-order valence-corrected chi connectivity index (χ1v) is 28.7. The lowest BCUT2D eigenvalue weighted by atomic mass is 9.38. The van der Waals surface area contributed by atoms with Crippen LogP contribution in [0.4, 0.5) is 17.1 Å². The summed E-state index contributed by atoms with van der Waals surface area (Å²) < 4.78 is 2.92. The maximum Gasteiger partial charge on any atom is 0.333 e. The van der Waals surface area contributed by atoms with Crippen molar-refractivity contribution in [2.24, 2.45) is 46.3 Å². The first-order valence-electron chi connectivity index (χ1n) is 28.7. The van der Waals surface area contributed by atoms with E-state index in [2.05, 4.69) is 165 Å². The molecule has 4 atom stereocenters. The molecule has 0 amide bonds. The minimum Gasteiger partial charge on any atom is -0.375 e. The van der Waals surface area contributed by atoms with Crippen molar-refractivity contribution in [2.75, 3.05) is 4.90 Å². The van der Waals surface area contributed by atoms with Gasteiger partial charge in [0.25, 0.3) is 0 Å². The van der Waals surface area contributed by atoms with Gasteiger partial charge in [-0.25, -0.2) is 0 Å². The highest BCUT2D eigenvalue weighted by atomic mass is 15.2. The molecule has 8 fully saturated rings. The second kappa shape index (κ2) is 12.2. The third kappa shape index (κ3) is 4.27. The Labute approximate surface area is 425 Å². The molecule has 3 heterocycles. The van der Waals surface area contributed by atoms with E-state index in [1.165, 1.54) is 177 Å². The van der Waals surface area contributed by atoms with Crippen LogP contribution in [0.1, 0.15) is 133 Å². The molecule has 4 bridgehead atoms. The van der Waals surface area contributed by atoms with E-state index < -0.39 is 0 Å². The first kappa shape index (κ1) is 39.9. The number of hydrogen-bond acceptors (Lipinski definition) is 1. The second-order valence-corrected chi connectivity index (χ2v) is 28.3. The van der Waals surface area contributed by atoms with Gasteiger partial charge in [0, 0.05) is 44.4 Å². The molecule has 2 aliphatic heterocycles. The van der Waals surface area contributed by atoms with Crippen LogP contribution < -0.4 is 15.8 Å². The van der Waals surface area contributed by atoms with Crippen LogP contribution in [0.25, 0.3) is 54.8 Å². The Morgan fingerprint density at radius 2 is 1.12 bits per heavy atom. The zero-order chi connectivity index (χ0) is 47.4. The monoisotopic (exact) mass is 933 g/mol. The zero-order valence-corrected chi connectivity index (χ0v) is 43.0. The normalized spacial score (nSPS) is 35.0. The molecular weight excluding hydrogens is 868 g/mol. The minimum atomic E-state index is 0.0135. The number of hydrogen-bond donors (Lipinski definition) is 0. The largest absolute Gasteiger partial charge is 0.375 e. The molecule has 8 aromatic rings. The summed E-state index contributed by atoms with van der Waals surface area (Å²) in [6.45, 7) is 12.4. The molecule has 11 aliphatic rings. The van der Waals surface area contributed by atoms with Crippen LogP contribution in [0.5, 0.6) is 0 Å². The summed E-state index contributed by atoms with van der Waals surface area (Å²) in [5, 5.41) is 5.77. The molecule has 2 spiro atoms. The van der Waals surface area contributed by atoms with Crippen LogP contribution in [0, 0.1) is 53.3 Å². The summed E-state index contributed by atoms with van der Waals surface area (Å²) in [5.74, 6) is 5.87. The van der Waals surface area contributed by atoms with Gasteiger partial charge in [-0.2, -0.15) is 0 Å². The Morgan fingerprint density at radius 1 is 0.486 bits per heavy atom. The summed E-state index contributed by atoms with van der Waals surface area (Å²) in [7, 11) is 0. The van der Waals surface area contributed by atoms with Crippen LogP contribution in [0.15, 0.2) is 121 Å². The Morgan fingerprint density at radius 3 is 1.81 bits per heavy atom. The fourth-order valence-corrected chi connectivity index (χ4v) is 21.8. The molecule has 1 aromatic heterocycles. The van der Waals surface area contributed by atoms with Gasteiger partial charge in [0.15, 0.2) is 0 Å². The third-order valence-electron chi connectivity index (χ3n) is 25.0. The number of rotatable bonds is 4. The molecule has 72 heavy (non-hydrogen) atoms. The van der Waals surface area contributed by atoms with Gasteiger partial charge in [0.2, 0.25) is 0 Å². The molecule has 7 aromatic carbocycles. The van der Waals surface area contributed by atoms with Gasteiger partial charge >= 0.3 is 6.85 Å². The molecule has 8 saturated carbocycles. The van der Waals surface area contributed by atoms with Crippen molar-refractivity contribution < 1.29 is 0 Å². The van der Waals surface area contributed by atoms with Crippen molar-refractivity contribution in [1.29, 1.82) is 0 Å². The smallest absolute Gasteiger partial charge is 0.333 e. The van der Waals surface area contributed by atoms with Crippen molar-refractivity contribution in [3.8, 4) is 22.3 Å². The van der Waals surface area contributed by atoms with Crippen LogP contribution in [0.2, 0.25) is 0 Å². The molecular formula is C69H65BN2. The highest BCUT2D eigenvalue weighted by Crippen LogP contribution is 2.86. The van der Waals surface area contributed by atoms with Gasteiger partial charge in [0.1, 0.15) is 0 Å². The van der Waals surface area contributed by atoms with Crippen molar-refractivity contribution in [2.45, 2.75) is 133 Å². The molecule has 4 unspecified atom stereocenters. The Hall–Kier alpha value is -5.54. The van der Waals surface area contributed by atoms with E-state index in [-0.39, 0.29) is 17.7 Å². The van der Waals surface area contributed by atoms with Crippen LogP contribution in [0.3, 0.4) is 0 Å². The minimum absolute atomic E-state index is 0.0135. The Kier molecular flexibility index (Phi) is 6.75. The van der Waals surface area contributed by atoms with Crippen molar-refractivity contribution in [1.82, 2.24) is 4.48 Å². The fourth-order valence-electron chi connectivity index (χ4n) is 21.8. The van der Waals surface area contributed by atoms with E-state index in [0.717, 1.165) is 35.5 Å². The molecule has 2 nitrogen and oxygen atoms in total. The second-order valence-electron chi connectivity index (χ2n) is 28.3. The first-order chi connectivity index (χ1) is 34.9.